The summed E-state index contributed by atoms with van der Waals surface area (Å²) < 4.78 is 0. The van der Waals surface area contributed by atoms with Gasteiger partial charge in [-0.1, -0.05) is 0 Å². The highest BCUT2D eigenvalue weighted by molar-refractivity contribution is 7.08. The Balaban J connectivity index is 1.98. The van der Waals surface area contributed by atoms with E-state index in [-0.39, 0.29) is 18.0 Å². The van der Waals surface area contributed by atoms with Crippen molar-refractivity contribution in [1.29, 1.82) is 0 Å². The third-order valence-corrected chi connectivity index (χ3v) is 4.48. The highest BCUT2D eigenvalue weighted by Crippen LogP contribution is 2.43. The number of hydrogen-bond acceptors (Lipinski definition) is 3. The van der Waals surface area contributed by atoms with E-state index in [1.54, 1.807) is 11.3 Å². The molecule has 5 heteroatoms. The van der Waals surface area contributed by atoms with E-state index in [4.69, 9.17) is 0 Å². The number of likely N-dealkylation sites (tertiary alicyclic amines) is 1. The molecule has 0 radical (unpaired) electrons. The van der Waals surface area contributed by atoms with Crippen LogP contribution in [0, 0.1) is 5.92 Å². The van der Waals surface area contributed by atoms with Crippen molar-refractivity contribution in [3.05, 3.63) is 22.4 Å². The van der Waals surface area contributed by atoms with Crippen molar-refractivity contribution in [2.24, 2.45) is 5.92 Å². The number of carbonyl (C=O) groups is 2. The molecular weight excluding hydrogens is 250 g/mol. The first kappa shape index (κ1) is 11.7. The van der Waals surface area contributed by atoms with Crippen molar-refractivity contribution in [2.75, 3.05) is 0 Å². The molecule has 2 unspecified atom stereocenters. The molecule has 2 fully saturated rings. The smallest absolute Gasteiger partial charge is 0.308 e. The molecule has 4 nitrogen and oxygen atoms in total. The van der Waals surface area contributed by atoms with Crippen molar-refractivity contribution in [1.82, 2.24) is 4.90 Å². The SMILES string of the molecule is O=C(O)C1CCC(=O)N(C2CC2)C1c1ccsc1. The van der Waals surface area contributed by atoms with Gasteiger partial charge in [-0.05, 0) is 41.7 Å². The number of piperidine rings is 1. The second-order valence-corrected chi connectivity index (χ2v) is 5.80. The highest BCUT2D eigenvalue weighted by atomic mass is 32.1. The van der Waals surface area contributed by atoms with Crippen LogP contribution in [0.15, 0.2) is 16.8 Å². The van der Waals surface area contributed by atoms with Gasteiger partial charge in [-0.3, -0.25) is 9.59 Å². The monoisotopic (exact) mass is 265 g/mol. The molecule has 0 spiro atoms. The molecule has 1 aliphatic heterocycles. The van der Waals surface area contributed by atoms with E-state index in [9.17, 15) is 14.7 Å². The van der Waals surface area contributed by atoms with Gasteiger partial charge in [0.1, 0.15) is 0 Å². The van der Waals surface area contributed by atoms with E-state index in [0.29, 0.717) is 12.8 Å². The van der Waals surface area contributed by atoms with Gasteiger partial charge in [0.05, 0.1) is 12.0 Å². The number of rotatable bonds is 3. The maximum absolute atomic E-state index is 12.1. The molecule has 1 aromatic heterocycles. The van der Waals surface area contributed by atoms with Crippen molar-refractivity contribution < 1.29 is 14.7 Å². The molecule has 1 saturated heterocycles. The minimum absolute atomic E-state index is 0.117. The summed E-state index contributed by atoms with van der Waals surface area (Å²) in [4.78, 5) is 25.3. The summed E-state index contributed by atoms with van der Waals surface area (Å²) in [6.07, 6.45) is 2.85. The van der Waals surface area contributed by atoms with Gasteiger partial charge in [0.25, 0.3) is 0 Å². The van der Waals surface area contributed by atoms with Gasteiger partial charge in [-0.25, -0.2) is 0 Å². The molecule has 1 aromatic rings. The summed E-state index contributed by atoms with van der Waals surface area (Å²) in [5.41, 5.74) is 0.979. The van der Waals surface area contributed by atoms with Crippen molar-refractivity contribution in [3.63, 3.8) is 0 Å². The Labute approximate surface area is 109 Å². The fourth-order valence-electron chi connectivity index (χ4n) is 2.79. The number of carboxylic acids is 1. The zero-order chi connectivity index (χ0) is 12.7. The summed E-state index contributed by atoms with van der Waals surface area (Å²) in [5.74, 6) is -1.13. The minimum atomic E-state index is -0.788. The fourth-order valence-corrected chi connectivity index (χ4v) is 3.48. The van der Waals surface area contributed by atoms with Crippen LogP contribution in [0.5, 0.6) is 0 Å². The van der Waals surface area contributed by atoms with Gasteiger partial charge < -0.3 is 10.0 Å². The largest absolute Gasteiger partial charge is 0.481 e. The molecule has 2 aliphatic rings. The Morgan fingerprint density at radius 2 is 2.17 bits per heavy atom. The molecule has 0 bridgehead atoms. The standard InChI is InChI=1S/C13H15NO3S/c15-11-4-3-10(13(16)17)12(8-5-6-18-7-8)14(11)9-1-2-9/h5-7,9-10,12H,1-4H2,(H,16,17). The number of carbonyl (C=O) groups excluding carboxylic acids is 1. The second kappa shape index (κ2) is 4.39. The van der Waals surface area contributed by atoms with Crippen LogP contribution in [0.1, 0.15) is 37.3 Å². The number of carboxylic acid groups (broad SMARTS) is 1. The normalized spacial score (nSPS) is 28.4. The van der Waals surface area contributed by atoms with E-state index in [1.807, 2.05) is 21.7 Å². The van der Waals surface area contributed by atoms with Gasteiger partial charge in [0.15, 0.2) is 0 Å². The third-order valence-electron chi connectivity index (χ3n) is 3.78. The third kappa shape index (κ3) is 1.92. The van der Waals surface area contributed by atoms with E-state index < -0.39 is 11.9 Å². The molecule has 1 amide bonds. The summed E-state index contributed by atoms with van der Waals surface area (Å²) in [7, 11) is 0. The average molecular weight is 265 g/mol. The molecular formula is C13H15NO3S. The number of aliphatic carboxylic acids is 1. The second-order valence-electron chi connectivity index (χ2n) is 5.02. The van der Waals surface area contributed by atoms with E-state index in [1.165, 1.54) is 0 Å². The number of thiophene rings is 1. The molecule has 1 aliphatic carbocycles. The number of amides is 1. The zero-order valence-corrected chi connectivity index (χ0v) is 10.7. The van der Waals surface area contributed by atoms with Crippen LogP contribution in [-0.4, -0.2) is 27.9 Å². The summed E-state index contributed by atoms with van der Waals surface area (Å²) in [5, 5.41) is 13.3. The molecule has 2 heterocycles. The lowest BCUT2D eigenvalue weighted by atomic mass is 9.85. The van der Waals surface area contributed by atoms with Crippen LogP contribution in [0.3, 0.4) is 0 Å². The van der Waals surface area contributed by atoms with E-state index >= 15 is 0 Å². The summed E-state index contributed by atoms with van der Waals surface area (Å²) in [6.45, 7) is 0. The van der Waals surface area contributed by atoms with Crippen LogP contribution >= 0.6 is 11.3 Å². The van der Waals surface area contributed by atoms with Gasteiger partial charge >= 0.3 is 5.97 Å². The predicted octanol–water partition coefficient (Wildman–Crippen LogP) is 2.27. The Kier molecular flexibility index (Phi) is 2.86. The van der Waals surface area contributed by atoms with Crippen LogP contribution in [0.25, 0.3) is 0 Å². The fraction of sp³-hybridized carbons (Fsp3) is 0.538. The molecule has 1 N–H and O–H groups in total. The Morgan fingerprint density at radius 1 is 1.39 bits per heavy atom. The Hall–Kier alpha value is -1.36. The lowest BCUT2D eigenvalue weighted by Gasteiger charge is -2.39. The van der Waals surface area contributed by atoms with E-state index in [0.717, 1.165) is 18.4 Å². The average Bonchev–Trinajstić information content (AvgIpc) is 3.03. The highest BCUT2D eigenvalue weighted by Gasteiger charge is 2.46. The minimum Gasteiger partial charge on any atom is -0.481 e. The van der Waals surface area contributed by atoms with Gasteiger partial charge in [-0.15, -0.1) is 0 Å². The molecule has 0 aromatic carbocycles. The lowest BCUT2D eigenvalue weighted by Crippen LogP contribution is -2.46. The first-order chi connectivity index (χ1) is 8.68. The number of hydrogen-bond donors (Lipinski definition) is 1. The zero-order valence-electron chi connectivity index (χ0n) is 9.91. The Bertz CT molecular complexity index is 467. The van der Waals surface area contributed by atoms with Crippen molar-refractivity contribution in [3.8, 4) is 0 Å². The van der Waals surface area contributed by atoms with Gasteiger partial charge in [-0.2, -0.15) is 11.3 Å². The van der Waals surface area contributed by atoms with Gasteiger partial charge in [0.2, 0.25) is 5.91 Å². The first-order valence-corrected chi connectivity index (χ1v) is 7.19. The van der Waals surface area contributed by atoms with Gasteiger partial charge in [0, 0.05) is 12.5 Å². The molecule has 2 atom stereocenters. The lowest BCUT2D eigenvalue weighted by molar-refractivity contribution is -0.152. The quantitative estimate of drug-likeness (QED) is 0.912. The van der Waals surface area contributed by atoms with Crippen LogP contribution in [0.2, 0.25) is 0 Å². The molecule has 18 heavy (non-hydrogen) atoms. The number of nitrogens with zero attached hydrogens (tertiary/aromatic N) is 1. The predicted molar refractivity (Wildman–Crippen MR) is 67.3 cm³/mol. The molecule has 1 saturated carbocycles. The summed E-state index contributed by atoms with van der Waals surface area (Å²) in [6, 6.07) is 1.95. The summed E-state index contributed by atoms with van der Waals surface area (Å²) >= 11 is 1.55. The molecule has 3 rings (SSSR count). The first-order valence-electron chi connectivity index (χ1n) is 6.24. The maximum Gasteiger partial charge on any atom is 0.308 e. The van der Waals surface area contributed by atoms with Crippen LogP contribution in [0.4, 0.5) is 0 Å². The van der Waals surface area contributed by atoms with E-state index in [2.05, 4.69) is 0 Å². The van der Waals surface area contributed by atoms with Crippen molar-refractivity contribution in [2.45, 2.75) is 37.8 Å². The topological polar surface area (TPSA) is 57.6 Å². The molecule has 96 valence electrons. The maximum atomic E-state index is 12.1. The van der Waals surface area contributed by atoms with Crippen molar-refractivity contribution >= 4 is 23.2 Å². The van der Waals surface area contributed by atoms with Crippen LogP contribution in [-0.2, 0) is 9.59 Å². The Morgan fingerprint density at radius 3 is 2.72 bits per heavy atom. The van der Waals surface area contributed by atoms with Crippen LogP contribution < -0.4 is 0 Å².